The predicted octanol–water partition coefficient (Wildman–Crippen LogP) is 1.54. The zero-order valence-corrected chi connectivity index (χ0v) is 36.1. The SMILES string of the molecule is CC[C@H]1OC(O)[C@H](C)[C@@H](O[C@H]2C[C@@](C)(OC)[C@@H](O)[C@H](C)O2)[C@H](C)[C@@H](O[C@@H]2O[C@H](C)C[C@H](N(C)CCC(=O)O)[C@H]2O)[C@](C)(O)C[C@@H](C)CN(C)[C@H](C)[C@@H](O)[C@]1(C)O. The van der Waals surface area contributed by atoms with Gasteiger partial charge < -0.3 is 69.1 Å². The smallest absolute Gasteiger partial charge is 0.304 e. The van der Waals surface area contributed by atoms with Gasteiger partial charge in [0.25, 0.3) is 0 Å². The van der Waals surface area contributed by atoms with Crippen LogP contribution in [0.15, 0.2) is 0 Å². The first-order chi connectivity index (χ1) is 25.8. The van der Waals surface area contributed by atoms with Crippen molar-refractivity contribution in [3.63, 3.8) is 0 Å². The second-order valence-corrected chi connectivity index (χ2v) is 18.0. The molecule has 0 aromatic heterocycles. The molecule has 0 bridgehead atoms. The van der Waals surface area contributed by atoms with Gasteiger partial charge in [0, 0.05) is 50.5 Å². The number of aliphatic carboxylic acids is 1. The first kappa shape index (κ1) is 49.3. The van der Waals surface area contributed by atoms with Crippen LogP contribution in [0, 0.1) is 17.8 Å². The zero-order chi connectivity index (χ0) is 42.7. The standard InChI is InChI=1S/C40H76N2O14/c1-14-28-40(10,50)33(46)25(6)42(12)20-21(2)18-38(8,49)35(56-37-31(45)27(17-22(3)52-37)41(11)16-15-29(43)44)23(4)32(24(5)36(48)54-28)55-30-19-39(9,51-13)34(47)26(7)53-30/h21-28,30-37,45-50H,14-20H2,1-13H3,(H,43,44)/t21-,22-,23+,24-,25-,26+,27+,28-,30+,31-,32+,33-,34+,35-,36?,37+,38-,39-,40-/m1/s1. The van der Waals surface area contributed by atoms with Crippen LogP contribution in [-0.2, 0) is 33.2 Å². The minimum Gasteiger partial charge on any atom is -0.481 e. The van der Waals surface area contributed by atoms with Gasteiger partial charge in [0.1, 0.15) is 23.9 Å². The number of methoxy groups -OCH3 is 1. The van der Waals surface area contributed by atoms with Gasteiger partial charge in [-0.3, -0.25) is 9.69 Å². The van der Waals surface area contributed by atoms with Crippen molar-refractivity contribution in [2.24, 2.45) is 17.8 Å². The highest BCUT2D eigenvalue weighted by atomic mass is 16.7. The lowest BCUT2D eigenvalue weighted by Crippen LogP contribution is -2.61. The van der Waals surface area contributed by atoms with Crippen LogP contribution in [-0.4, -0.2) is 182 Å². The normalized spacial score (nSPS) is 48.3. The van der Waals surface area contributed by atoms with E-state index in [9.17, 15) is 40.5 Å². The number of hydrogen-bond donors (Lipinski definition) is 7. The fourth-order valence-electron chi connectivity index (χ4n) is 9.23. The van der Waals surface area contributed by atoms with E-state index in [0.29, 0.717) is 13.0 Å². The van der Waals surface area contributed by atoms with Crippen LogP contribution in [0.4, 0.5) is 0 Å². The lowest BCUT2D eigenvalue weighted by molar-refractivity contribution is -0.326. The largest absolute Gasteiger partial charge is 0.481 e. The number of carboxylic acids is 1. The van der Waals surface area contributed by atoms with E-state index < -0.39 is 108 Å². The Morgan fingerprint density at radius 2 is 1.54 bits per heavy atom. The molecule has 19 atom stereocenters. The van der Waals surface area contributed by atoms with Gasteiger partial charge in [-0.25, -0.2) is 0 Å². The Bertz CT molecular complexity index is 1230. The summed E-state index contributed by atoms with van der Waals surface area (Å²) in [7, 11) is 5.07. The molecule has 1 unspecified atom stereocenters. The van der Waals surface area contributed by atoms with Gasteiger partial charge in [-0.05, 0) is 80.8 Å². The second kappa shape index (κ2) is 20.0. The number of carboxylic acid groups (broad SMARTS) is 1. The maximum absolute atomic E-state index is 12.6. The van der Waals surface area contributed by atoms with E-state index in [-0.39, 0.29) is 44.2 Å². The number of hydrogen-bond acceptors (Lipinski definition) is 15. The summed E-state index contributed by atoms with van der Waals surface area (Å²) in [5.74, 6) is -2.78. The molecule has 330 valence electrons. The highest BCUT2D eigenvalue weighted by Crippen LogP contribution is 2.40. The van der Waals surface area contributed by atoms with Crippen molar-refractivity contribution in [2.75, 3.05) is 34.3 Å². The average molecular weight is 809 g/mol. The number of carbonyl (C=O) groups is 1. The van der Waals surface area contributed by atoms with Crippen molar-refractivity contribution in [1.29, 1.82) is 0 Å². The Kier molecular flexibility index (Phi) is 17.6. The topological polar surface area (TPSA) is 221 Å². The van der Waals surface area contributed by atoms with Gasteiger partial charge in [-0.15, -0.1) is 0 Å². The molecule has 3 saturated heterocycles. The maximum Gasteiger partial charge on any atom is 0.304 e. The monoisotopic (exact) mass is 809 g/mol. The summed E-state index contributed by atoms with van der Waals surface area (Å²) in [6.45, 7) is 18.2. The number of rotatable bonds is 10. The molecule has 0 aliphatic carbocycles. The molecule has 3 aliphatic rings. The molecule has 0 amide bonds. The molecule has 3 heterocycles. The van der Waals surface area contributed by atoms with Gasteiger partial charge in [-0.2, -0.15) is 0 Å². The average Bonchev–Trinajstić information content (AvgIpc) is 3.11. The summed E-state index contributed by atoms with van der Waals surface area (Å²) >= 11 is 0. The van der Waals surface area contributed by atoms with E-state index in [0.717, 1.165) is 0 Å². The molecule has 16 heteroatoms. The summed E-state index contributed by atoms with van der Waals surface area (Å²) in [6, 6.07) is -1.06. The fourth-order valence-corrected chi connectivity index (χ4v) is 9.23. The van der Waals surface area contributed by atoms with Gasteiger partial charge in [0.15, 0.2) is 18.9 Å². The van der Waals surface area contributed by atoms with Gasteiger partial charge in [0.05, 0.1) is 48.1 Å². The number of ether oxygens (including phenoxy) is 6. The summed E-state index contributed by atoms with van der Waals surface area (Å²) in [6.07, 6.45) is -10.5. The number of likely N-dealkylation sites (N-methyl/N-ethyl adjacent to an activating group) is 2. The molecule has 0 radical (unpaired) electrons. The van der Waals surface area contributed by atoms with Gasteiger partial charge in [0.2, 0.25) is 0 Å². The predicted molar refractivity (Wildman–Crippen MR) is 206 cm³/mol. The first-order valence-corrected chi connectivity index (χ1v) is 20.4. The maximum atomic E-state index is 12.6. The Morgan fingerprint density at radius 1 is 0.911 bits per heavy atom. The summed E-state index contributed by atoms with van der Waals surface area (Å²) < 4.78 is 37.9. The molecular weight excluding hydrogens is 732 g/mol. The summed E-state index contributed by atoms with van der Waals surface area (Å²) in [4.78, 5) is 15.1. The Balaban J connectivity index is 2.16. The number of aliphatic hydroxyl groups excluding tert-OH is 4. The lowest BCUT2D eigenvalue weighted by atomic mass is 9.77. The molecule has 16 nitrogen and oxygen atoms in total. The van der Waals surface area contributed by atoms with E-state index >= 15 is 0 Å². The van der Waals surface area contributed by atoms with E-state index in [1.165, 1.54) is 14.0 Å². The summed E-state index contributed by atoms with van der Waals surface area (Å²) in [5, 5.41) is 79.8. The van der Waals surface area contributed by atoms with E-state index in [2.05, 4.69) is 0 Å². The molecule has 0 aromatic rings. The van der Waals surface area contributed by atoms with Crippen LogP contribution in [0.2, 0.25) is 0 Å². The quantitative estimate of drug-likeness (QED) is 0.166. The van der Waals surface area contributed by atoms with Crippen molar-refractivity contribution in [1.82, 2.24) is 9.80 Å². The minimum atomic E-state index is -1.77. The van der Waals surface area contributed by atoms with Crippen LogP contribution >= 0.6 is 0 Å². The number of nitrogens with zero attached hydrogens (tertiary/aromatic N) is 2. The molecular formula is C40H76N2O14. The van der Waals surface area contributed by atoms with E-state index in [1.54, 1.807) is 53.5 Å². The third-order valence-corrected chi connectivity index (χ3v) is 12.9. The Hall–Kier alpha value is -1.09. The van der Waals surface area contributed by atoms with Crippen LogP contribution < -0.4 is 0 Å². The lowest BCUT2D eigenvalue weighted by Gasteiger charge is -2.49. The van der Waals surface area contributed by atoms with Crippen molar-refractivity contribution in [2.45, 2.75) is 198 Å². The fraction of sp³-hybridized carbons (Fsp3) is 0.975. The molecule has 0 saturated carbocycles. The third-order valence-electron chi connectivity index (χ3n) is 12.9. The van der Waals surface area contributed by atoms with Crippen molar-refractivity contribution < 1.29 is 69.0 Å². The van der Waals surface area contributed by atoms with Crippen molar-refractivity contribution in [3.05, 3.63) is 0 Å². The zero-order valence-electron chi connectivity index (χ0n) is 36.1. The van der Waals surface area contributed by atoms with Crippen LogP contribution in [0.5, 0.6) is 0 Å². The molecule has 0 aromatic carbocycles. The number of aliphatic hydroxyl groups is 6. The van der Waals surface area contributed by atoms with E-state index in [4.69, 9.17) is 28.4 Å². The molecule has 3 fully saturated rings. The summed E-state index contributed by atoms with van der Waals surface area (Å²) in [5.41, 5.74) is -4.43. The highest BCUT2D eigenvalue weighted by molar-refractivity contribution is 5.66. The highest BCUT2D eigenvalue weighted by Gasteiger charge is 2.52. The Morgan fingerprint density at radius 3 is 2.11 bits per heavy atom. The third kappa shape index (κ3) is 11.6. The second-order valence-electron chi connectivity index (χ2n) is 18.0. The molecule has 0 spiro atoms. The van der Waals surface area contributed by atoms with Crippen molar-refractivity contribution in [3.8, 4) is 0 Å². The molecule has 7 N–H and O–H groups in total. The molecule has 56 heavy (non-hydrogen) atoms. The van der Waals surface area contributed by atoms with Gasteiger partial charge >= 0.3 is 5.97 Å². The van der Waals surface area contributed by atoms with Crippen molar-refractivity contribution >= 4 is 5.97 Å². The first-order valence-electron chi connectivity index (χ1n) is 20.4. The van der Waals surface area contributed by atoms with Crippen LogP contribution in [0.3, 0.4) is 0 Å². The van der Waals surface area contributed by atoms with Crippen LogP contribution in [0.1, 0.15) is 101 Å². The minimum absolute atomic E-state index is 0.118. The van der Waals surface area contributed by atoms with Gasteiger partial charge in [-0.1, -0.05) is 27.7 Å². The Labute approximate surface area is 334 Å². The van der Waals surface area contributed by atoms with E-state index in [1.807, 2.05) is 32.7 Å². The molecule has 3 aliphatic heterocycles. The van der Waals surface area contributed by atoms with Crippen LogP contribution in [0.25, 0.3) is 0 Å². The molecule has 3 rings (SSSR count).